The molecular formula is C42H30N8. The van der Waals surface area contributed by atoms with Gasteiger partial charge in [0.15, 0.2) is 11.6 Å². The fourth-order valence-electron chi connectivity index (χ4n) is 7.60. The van der Waals surface area contributed by atoms with Crippen molar-refractivity contribution in [3.05, 3.63) is 163 Å². The zero-order valence-corrected chi connectivity index (χ0v) is 26.9. The SMILES string of the molecule is Nc1cccc(-n2c(-c3cccc(N4c5ccccc5C5C=CC=CC54)n3)nnc2-c2cccc(-n3c4ccccc4c4ccccc43)n2)c1. The van der Waals surface area contributed by atoms with Gasteiger partial charge in [-0.25, -0.2) is 9.97 Å². The number of benzene rings is 4. The minimum atomic E-state index is 0.135. The molecular weight excluding hydrogens is 617 g/mol. The lowest BCUT2D eigenvalue weighted by molar-refractivity contribution is 0.738. The molecule has 50 heavy (non-hydrogen) atoms. The molecule has 0 radical (unpaired) electrons. The van der Waals surface area contributed by atoms with Gasteiger partial charge in [-0.2, -0.15) is 0 Å². The Hall–Kier alpha value is -6.80. The highest BCUT2D eigenvalue weighted by molar-refractivity contribution is 6.09. The van der Waals surface area contributed by atoms with Crippen molar-refractivity contribution in [2.45, 2.75) is 12.0 Å². The first-order valence-corrected chi connectivity index (χ1v) is 16.7. The molecule has 8 nitrogen and oxygen atoms in total. The molecule has 8 aromatic rings. The van der Waals surface area contributed by atoms with Crippen molar-refractivity contribution >= 4 is 39.0 Å². The molecule has 10 rings (SSSR count). The Morgan fingerprint density at radius 1 is 0.540 bits per heavy atom. The van der Waals surface area contributed by atoms with Crippen LogP contribution < -0.4 is 10.6 Å². The van der Waals surface area contributed by atoms with Crippen LogP contribution >= 0.6 is 0 Å². The van der Waals surface area contributed by atoms with Crippen LogP contribution in [0.3, 0.4) is 0 Å². The zero-order chi connectivity index (χ0) is 33.2. The number of pyridine rings is 2. The molecule has 0 saturated carbocycles. The number of aromatic nitrogens is 6. The van der Waals surface area contributed by atoms with Crippen molar-refractivity contribution in [1.82, 2.24) is 29.3 Å². The first kappa shape index (κ1) is 28.2. The van der Waals surface area contributed by atoms with Gasteiger partial charge in [-0.3, -0.25) is 9.13 Å². The summed E-state index contributed by atoms with van der Waals surface area (Å²) in [4.78, 5) is 12.8. The van der Waals surface area contributed by atoms with E-state index < -0.39 is 0 Å². The summed E-state index contributed by atoms with van der Waals surface area (Å²) in [5.74, 6) is 3.09. The van der Waals surface area contributed by atoms with E-state index in [9.17, 15) is 0 Å². The highest BCUT2D eigenvalue weighted by Crippen LogP contribution is 2.47. The number of hydrogen-bond donors (Lipinski definition) is 1. The van der Waals surface area contributed by atoms with Gasteiger partial charge in [0.2, 0.25) is 0 Å². The van der Waals surface area contributed by atoms with Crippen LogP contribution in [0.15, 0.2) is 158 Å². The van der Waals surface area contributed by atoms with Crippen LogP contribution in [0.4, 0.5) is 17.2 Å². The van der Waals surface area contributed by atoms with Gasteiger partial charge in [0.05, 0.1) is 22.8 Å². The van der Waals surface area contributed by atoms with Crippen LogP contribution in [0.1, 0.15) is 11.5 Å². The molecule has 2 N–H and O–H groups in total. The van der Waals surface area contributed by atoms with Crippen LogP contribution in [0.5, 0.6) is 0 Å². The maximum atomic E-state index is 6.34. The molecule has 2 aliphatic rings. The van der Waals surface area contributed by atoms with Crippen molar-refractivity contribution in [3.8, 4) is 34.5 Å². The number of rotatable bonds is 5. The summed E-state index contributed by atoms with van der Waals surface area (Å²) in [5.41, 5.74) is 13.8. The number of nitrogens with zero attached hydrogens (tertiary/aromatic N) is 7. The number of para-hydroxylation sites is 3. The van der Waals surface area contributed by atoms with Crippen LogP contribution in [0.2, 0.25) is 0 Å². The summed E-state index contributed by atoms with van der Waals surface area (Å²) in [6.45, 7) is 0. The Kier molecular flexibility index (Phi) is 6.29. The molecule has 0 amide bonds. The fourth-order valence-corrected chi connectivity index (χ4v) is 7.60. The van der Waals surface area contributed by atoms with Crippen LogP contribution in [-0.2, 0) is 0 Å². The monoisotopic (exact) mass is 646 g/mol. The Balaban J connectivity index is 1.13. The first-order chi connectivity index (χ1) is 24.7. The normalized spacial score (nSPS) is 16.3. The molecule has 4 aromatic heterocycles. The molecule has 0 bridgehead atoms. The number of nitrogen functional groups attached to an aromatic ring is 1. The summed E-state index contributed by atoms with van der Waals surface area (Å²) >= 11 is 0. The van der Waals surface area contributed by atoms with Gasteiger partial charge in [-0.15, -0.1) is 10.2 Å². The Morgan fingerprint density at radius 2 is 1.16 bits per heavy atom. The van der Waals surface area contributed by atoms with Crippen molar-refractivity contribution in [2.24, 2.45) is 0 Å². The van der Waals surface area contributed by atoms with Crippen molar-refractivity contribution < 1.29 is 0 Å². The zero-order valence-electron chi connectivity index (χ0n) is 26.9. The predicted octanol–water partition coefficient (Wildman–Crippen LogP) is 8.80. The summed E-state index contributed by atoms with van der Waals surface area (Å²) in [6.07, 6.45) is 8.77. The maximum absolute atomic E-state index is 6.34. The summed E-state index contributed by atoms with van der Waals surface area (Å²) in [5, 5.41) is 11.9. The fraction of sp³-hybridized carbons (Fsp3) is 0.0476. The largest absolute Gasteiger partial charge is 0.399 e. The van der Waals surface area contributed by atoms with Gasteiger partial charge in [-0.05, 0) is 66.2 Å². The smallest absolute Gasteiger partial charge is 0.187 e. The maximum Gasteiger partial charge on any atom is 0.187 e. The molecule has 8 heteroatoms. The number of nitrogens with two attached hydrogens (primary N) is 1. The summed E-state index contributed by atoms with van der Waals surface area (Å²) in [7, 11) is 0. The predicted molar refractivity (Wildman–Crippen MR) is 200 cm³/mol. The van der Waals surface area contributed by atoms with Gasteiger partial charge in [0, 0.05) is 28.1 Å². The van der Waals surface area contributed by atoms with Crippen molar-refractivity contribution in [1.29, 1.82) is 0 Å². The average Bonchev–Trinajstić information content (AvgIpc) is 3.86. The second-order valence-electron chi connectivity index (χ2n) is 12.6. The lowest BCUT2D eigenvalue weighted by Crippen LogP contribution is -2.29. The second-order valence-corrected chi connectivity index (χ2v) is 12.6. The average molecular weight is 647 g/mol. The molecule has 5 heterocycles. The molecule has 1 aliphatic carbocycles. The van der Waals surface area contributed by atoms with E-state index in [1.807, 2.05) is 59.2 Å². The third kappa shape index (κ3) is 4.32. The third-order valence-electron chi connectivity index (χ3n) is 9.73. The number of fused-ring (bicyclic) bond motifs is 6. The molecule has 2 atom stereocenters. The highest BCUT2D eigenvalue weighted by atomic mass is 15.3. The Labute approximate surface area is 288 Å². The molecule has 238 valence electrons. The quantitative estimate of drug-likeness (QED) is 0.188. The minimum Gasteiger partial charge on any atom is -0.399 e. The van der Waals surface area contributed by atoms with E-state index in [1.165, 1.54) is 16.3 Å². The topological polar surface area (TPSA) is 90.7 Å². The molecule has 0 fully saturated rings. The van der Waals surface area contributed by atoms with Crippen LogP contribution in [0, 0.1) is 0 Å². The molecule has 4 aromatic carbocycles. The summed E-state index contributed by atoms with van der Waals surface area (Å²) < 4.78 is 4.21. The molecule has 0 spiro atoms. The lowest BCUT2D eigenvalue weighted by Gasteiger charge is -2.27. The van der Waals surface area contributed by atoms with Gasteiger partial charge in [0.25, 0.3) is 0 Å². The number of anilines is 3. The van der Waals surface area contributed by atoms with Crippen LogP contribution in [-0.4, -0.2) is 35.3 Å². The van der Waals surface area contributed by atoms with E-state index in [1.54, 1.807) is 0 Å². The molecule has 2 unspecified atom stereocenters. The minimum absolute atomic E-state index is 0.135. The third-order valence-corrected chi connectivity index (χ3v) is 9.73. The number of allylic oxidation sites excluding steroid dienone is 2. The molecule has 1 aliphatic heterocycles. The van der Waals surface area contributed by atoms with Gasteiger partial charge < -0.3 is 10.6 Å². The van der Waals surface area contributed by atoms with Crippen LogP contribution in [0.25, 0.3) is 56.3 Å². The van der Waals surface area contributed by atoms with E-state index >= 15 is 0 Å². The first-order valence-electron chi connectivity index (χ1n) is 16.7. The van der Waals surface area contributed by atoms with Crippen molar-refractivity contribution in [3.63, 3.8) is 0 Å². The van der Waals surface area contributed by atoms with E-state index in [0.717, 1.165) is 34.0 Å². The van der Waals surface area contributed by atoms with E-state index in [2.05, 4.69) is 113 Å². The van der Waals surface area contributed by atoms with E-state index in [4.69, 9.17) is 25.9 Å². The van der Waals surface area contributed by atoms with Crippen molar-refractivity contribution in [2.75, 3.05) is 10.6 Å². The van der Waals surface area contributed by atoms with E-state index in [-0.39, 0.29) is 12.0 Å². The number of hydrogen-bond acceptors (Lipinski definition) is 6. The summed E-state index contributed by atoms with van der Waals surface area (Å²) in [6, 6.07) is 45.4. The van der Waals surface area contributed by atoms with E-state index in [0.29, 0.717) is 28.7 Å². The van der Waals surface area contributed by atoms with Gasteiger partial charge in [-0.1, -0.05) is 97.1 Å². The molecule has 0 saturated heterocycles. The Morgan fingerprint density at radius 3 is 1.90 bits per heavy atom. The highest BCUT2D eigenvalue weighted by Gasteiger charge is 2.37. The van der Waals surface area contributed by atoms with Gasteiger partial charge in [0.1, 0.15) is 23.0 Å². The second kappa shape index (κ2) is 11.1. The Bertz CT molecular complexity index is 2610. The standard InChI is InChI=1S/C42H30N8/c43-27-12-9-13-28(26-27)48-41(33-18-10-24-39(44-33)49-35-20-5-1-14-29(35)30-15-2-6-21-36(30)49)46-47-42(48)34-19-11-25-40(45-34)50-37-22-7-3-16-31(37)32-17-4-8-23-38(32)50/h1-26,29,35H,43H2. The van der Waals surface area contributed by atoms with Gasteiger partial charge >= 0.3 is 0 Å². The lowest BCUT2D eigenvalue weighted by atomic mass is 9.91.